The van der Waals surface area contributed by atoms with Gasteiger partial charge < -0.3 is 14.4 Å². The number of methoxy groups -OCH3 is 2. The van der Waals surface area contributed by atoms with E-state index in [0.717, 1.165) is 10.6 Å². The summed E-state index contributed by atoms with van der Waals surface area (Å²) in [7, 11) is 4.57. The van der Waals surface area contributed by atoms with E-state index in [1.165, 1.54) is 26.4 Å². The first-order valence-corrected chi connectivity index (χ1v) is 9.80. The Morgan fingerprint density at radius 1 is 1.11 bits per heavy atom. The highest BCUT2D eigenvalue weighted by Crippen LogP contribution is 2.22. The molecule has 0 aliphatic carbocycles. The van der Waals surface area contributed by atoms with Crippen LogP contribution in [-0.2, 0) is 16.1 Å². The molecule has 0 spiro atoms. The van der Waals surface area contributed by atoms with Crippen molar-refractivity contribution in [2.24, 2.45) is 0 Å². The molecule has 0 aliphatic heterocycles. The summed E-state index contributed by atoms with van der Waals surface area (Å²) in [5.41, 5.74) is 1.15. The molecule has 5 nitrogen and oxygen atoms in total. The van der Waals surface area contributed by atoms with Crippen molar-refractivity contribution in [2.45, 2.75) is 24.3 Å². The number of nitrogens with zero attached hydrogens (tertiary/aromatic N) is 1. The van der Waals surface area contributed by atoms with Gasteiger partial charge in [0.1, 0.15) is 11.6 Å². The molecule has 0 aromatic heterocycles. The molecule has 2 aromatic rings. The minimum absolute atomic E-state index is 0.00652. The van der Waals surface area contributed by atoms with E-state index >= 15 is 0 Å². The number of thioether (sulfide) groups is 1. The Hall–Kier alpha value is -2.54. The van der Waals surface area contributed by atoms with Crippen LogP contribution in [0.1, 0.15) is 28.8 Å². The van der Waals surface area contributed by atoms with Gasteiger partial charge >= 0.3 is 5.97 Å². The van der Waals surface area contributed by atoms with E-state index in [1.807, 2.05) is 12.1 Å². The maximum atomic E-state index is 13.4. The van der Waals surface area contributed by atoms with Crippen molar-refractivity contribution in [1.29, 1.82) is 0 Å². The van der Waals surface area contributed by atoms with Crippen molar-refractivity contribution in [3.05, 3.63) is 59.4 Å². The molecule has 1 amide bonds. The Labute approximate surface area is 168 Å². The molecule has 0 N–H and O–H groups in total. The molecule has 150 valence electrons. The number of hydrogen-bond donors (Lipinski definition) is 0. The van der Waals surface area contributed by atoms with E-state index in [1.54, 1.807) is 41.9 Å². The van der Waals surface area contributed by atoms with Crippen LogP contribution >= 0.6 is 11.8 Å². The fourth-order valence-electron chi connectivity index (χ4n) is 2.62. The molecule has 0 unspecified atom stereocenters. The van der Waals surface area contributed by atoms with Crippen molar-refractivity contribution in [1.82, 2.24) is 4.90 Å². The normalized spacial score (nSPS) is 10.4. The first-order chi connectivity index (χ1) is 13.4. The lowest BCUT2D eigenvalue weighted by molar-refractivity contribution is -0.130. The zero-order valence-corrected chi connectivity index (χ0v) is 17.1. The molecule has 0 atom stereocenters. The lowest BCUT2D eigenvalue weighted by Crippen LogP contribution is -2.26. The summed E-state index contributed by atoms with van der Waals surface area (Å²) in [6, 6.07) is 11.4. The summed E-state index contributed by atoms with van der Waals surface area (Å²) in [5, 5.41) is 0. The Balaban J connectivity index is 1.77. The summed E-state index contributed by atoms with van der Waals surface area (Å²) >= 11 is 1.62. The average molecular weight is 405 g/mol. The molecule has 0 saturated heterocycles. The van der Waals surface area contributed by atoms with Gasteiger partial charge in [0.2, 0.25) is 5.91 Å². The molecule has 0 aliphatic rings. The number of benzene rings is 2. The van der Waals surface area contributed by atoms with Crippen LogP contribution in [0.5, 0.6) is 5.75 Å². The summed E-state index contributed by atoms with van der Waals surface area (Å²) in [5.74, 6) is 0.617. The number of ether oxygens (including phenoxy) is 2. The number of amides is 1. The minimum atomic E-state index is -0.361. The fraction of sp³-hybridized carbons (Fsp3) is 0.333. The monoisotopic (exact) mass is 405 g/mol. The van der Waals surface area contributed by atoms with E-state index < -0.39 is 0 Å². The zero-order valence-electron chi connectivity index (χ0n) is 16.2. The van der Waals surface area contributed by atoms with Crippen LogP contribution in [-0.4, -0.2) is 43.8 Å². The number of hydrogen-bond acceptors (Lipinski definition) is 5. The second-order valence-corrected chi connectivity index (χ2v) is 7.34. The molecule has 28 heavy (non-hydrogen) atoms. The maximum absolute atomic E-state index is 13.4. The number of rotatable bonds is 9. The quantitative estimate of drug-likeness (QED) is 0.356. The van der Waals surface area contributed by atoms with Crippen molar-refractivity contribution >= 4 is 23.6 Å². The molecule has 2 aromatic carbocycles. The van der Waals surface area contributed by atoms with Crippen LogP contribution in [0, 0.1) is 5.82 Å². The number of carbonyl (C=O) groups excluding carboxylic acids is 2. The van der Waals surface area contributed by atoms with E-state index in [9.17, 15) is 14.0 Å². The molecule has 0 bridgehead atoms. The van der Waals surface area contributed by atoms with E-state index in [0.29, 0.717) is 36.3 Å². The first kappa shape index (κ1) is 21.8. The average Bonchev–Trinajstić information content (AvgIpc) is 2.71. The lowest BCUT2D eigenvalue weighted by atomic mass is 10.1. The Morgan fingerprint density at radius 3 is 2.46 bits per heavy atom. The predicted molar refractivity (Wildman–Crippen MR) is 107 cm³/mol. The van der Waals surface area contributed by atoms with Crippen LogP contribution in [0.2, 0.25) is 0 Å². The van der Waals surface area contributed by atoms with Gasteiger partial charge in [-0.2, -0.15) is 0 Å². The van der Waals surface area contributed by atoms with E-state index in [4.69, 9.17) is 4.74 Å². The molecule has 0 saturated carbocycles. The zero-order chi connectivity index (χ0) is 20.5. The van der Waals surface area contributed by atoms with E-state index in [-0.39, 0.29) is 17.7 Å². The van der Waals surface area contributed by atoms with Crippen LogP contribution in [0.25, 0.3) is 0 Å². The SMILES string of the molecule is COC(=O)c1ccc(SCCCC(=O)N(C)Cc2cc(F)ccc2OC)cc1. The topological polar surface area (TPSA) is 55.8 Å². The highest BCUT2D eigenvalue weighted by atomic mass is 32.2. The summed E-state index contributed by atoms with van der Waals surface area (Å²) < 4.78 is 23.3. The first-order valence-electron chi connectivity index (χ1n) is 8.82. The largest absolute Gasteiger partial charge is 0.496 e. The molecule has 7 heteroatoms. The summed E-state index contributed by atoms with van der Waals surface area (Å²) in [4.78, 5) is 26.3. The second kappa shape index (κ2) is 10.7. The maximum Gasteiger partial charge on any atom is 0.337 e. The Kier molecular flexibility index (Phi) is 8.32. The van der Waals surface area contributed by atoms with Crippen LogP contribution < -0.4 is 4.74 Å². The van der Waals surface area contributed by atoms with Crippen LogP contribution in [0.4, 0.5) is 4.39 Å². The van der Waals surface area contributed by atoms with Gasteiger partial charge in [0.15, 0.2) is 0 Å². The number of esters is 1. The van der Waals surface area contributed by atoms with Crippen molar-refractivity contribution in [3.63, 3.8) is 0 Å². The minimum Gasteiger partial charge on any atom is -0.496 e. The van der Waals surface area contributed by atoms with Gasteiger partial charge in [0.25, 0.3) is 0 Å². The van der Waals surface area contributed by atoms with Gasteiger partial charge in [-0.25, -0.2) is 9.18 Å². The van der Waals surface area contributed by atoms with Crippen molar-refractivity contribution in [3.8, 4) is 5.75 Å². The number of halogens is 1. The van der Waals surface area contributed by atoms with Crippen molar-refractivity contribution in [2.75, 3.05) is 27.0 Å². The van der Waals surface area contributed by atoms with Gasteiger partial charge in [0.05, 0.1) is 19.8 Å². The lowest BCUT2D eigenvalue weighted by Gasteiger charge is -2.19. The molecular formula is C21H24FNO4S. The predicted octanol–water partition coefficient (Wildman–Crippen LogP) is 4.15. The third kappa shape index (κ3) is 6.27. The number of carbonyl (C=O) groups is 2. The summed E-state index contributed by atoms with van der Waals surface area (Å²) in [6.07, 6.45) is 1.12. The smallest absolute Gasteiger partial charge is 0.337 e. The Bertz CT molecular complexity index is 811. The Morgan fingerprint density at radius 2 is 1.82 bits per heavy atom. The third-order valence-corrected chi connectivity index (χ3v) is 5.25. The highest BCUT2D eigenvalue weighted by molar-refractivity contribution is 7.99. The third-order valence-electron chi connectivity index (χ3n) is 4.15. The van der Waals surface area contributed by atoms with Crippen LogP contribution in [0.3, 0.4) is 0 Å². The molecule has 2 rings (SSSR count). The fourth-order valence-corrected chi connectivity index (χ4v) is 3.48. The molecule has 0 radical (unpaired) electrons. The second-order valence-electron chi connectivity index (χ2n) is 6.17. The van der Waals surface area contributed by atoms with E-state index in [2.05, 4.69) is 4.74 Å². The molecule has 0 fully saturated rings. The van der Waals surface area contributed by atoms with Crippen molar-refractivity contribution < 1.29 is 23.5 Å². The molecule has 0 heterocycles. The summed E-state index contributed by atoms with van der Waals surface area (Å²) in [6.45, 7) is 0.294. The highest BCUT2D eigenvalue weighted by Gasteiger charge is 2.13. The van der Waals surface area contributed by atoms with Gasteiger partial charge in [-0.15, -0.1) is 11.8 Å². The van der Waals surface area contributed by atoms with Crippen LogP contribution in [0.15, 0.2) is 47.4 Å². The van der Waals surface area contributed by atoms with Gasteiger partial charge in [-0.05, 0) is 54.6 Å². The molecular weight excluding hydrogens is 381 g/mol. The van der Waals surface area contributed by atoms with Gasteiger partial charge in [-0.1, -0.05) is 0 Å². The van der Waals surface area contributed by atoms with Gasteiger partial charge in [0, 0.05) is 30.5 Å². The van der Waals surface area contributed by atoms with Gasteiger partial charge in [-0.3, -0.25) is 4.79 Å². The standard InChI is InChI=1S/C21H24FNO4S/c1-23(14-16-13-17(22)8-11-19(16)26-2)20(24)5-4-12-28-18-9-6-15(7-10-18)21(25)27-3/h6-11,13H,4-5,12,14H2,1-3H3.